The summed E-state index contributed by atoms with van der Waals surface area (Å²) in [6.45, 7) is 2.37. The van der Waals surface area contributed by atoms with Crippen LogP contribution >= 0.6 is 24.8 Å². The average molecular weight is 368 g/mol. The molecule has 1 amide bonds. The summed E-state index contributed by atoms with van der Waals surface area (Å²) >= 11 is 0. The number of nitrogens with one attached hydrogen (secondary N) is 2. The van der Waals surface area contributed by atoms with Gasteiger partial charge in [0.05, 0.1) is 0 Å². The smallest absolute Gasteiger partial charge is 0.251 e. The van der Waals surface area contributed by atoms with Crippen molar-refractivity contribution in [2.75, 3.05) is 36.9 Å². The second kappa shape index (κ2) is 9.40. The van der Waals surface area contributed by atoms with E-state index in [0.29, 0.717) is 6.54 Å². The summed E-state index contributed by atoms with van der Waals surface area (Å²) in [7, 11) is 2.03. The van der Waals surface area contributed by atoms with Crippen LogP contribution in [0.3, 0.4) is 0 Å². The van der Waals surface area contributed by atoms with Crippen LogP contribution in [-0.2, 0) is 6.42 Å². The minimum absolute atomic E-state index is 0. The molecule has 0 bridgehead atoms. The lowest BCUT2D eigenvalue weighted by atomic mass is 10.1. The number of benzene rings is 2. The largest absolute Gasteiger partial charge is 0.384 e. The molecule has 0 radical (unpaired) electrons. The van der Waals surface area contributed by atoms with Gasteiger partial charge in [0.1, 0.15) is 0 Å². The van der Waals surface area contributed by atoms with E-state index in [1.807, 2.05) is 43.4 Å². The Morgan fingerprint density at radius 3 is 2.67 bits per heavy atom. The van der Waals surface area contributed by atoms with Crippen LogP contribution < -0.4 is 15.5 Å². The Balaban J connectivity index is 0.00000144. The molecule has 0 fully saturated rings. The molecule has 4 nitrogen and oxygen atoms in total. The summed E-state index contributed by atoms with van der Waals surface area (Å²) < 4.78 is 0. The fourth-order valence-electron chi connectivity index (χ4n) is 2.70. The van der Waals surface area contributed by atoms with E-state index in [4.69, 9.17) is 0 Å². The Morgan fingerprint density at radius 1 is 1.17 bits per heavy atom. The van der Waals surface area contributed by atoms with Crippen LogP contribution in [0.1, 0.15) is 15.9 Å². The lowest BCUT2D eigenvalue weighted by Crippen LogP contribution is -2.33. The van der Waals surface area contributed by atoms with Crippen LogP contribution in [0, 0.1) is 0 Å². The summed E-state index contributed by atoms with van der Waals surface area (Å²) in [6.07, 6.45) is 0.993. The van der Waals surface area contributed by atoms with Gasteiger partial charge in [0.15, 0.2) is 0 Å². The van der Waals surface area contributed by atoms with E-state index >= 15 is 0 Å². The number of likely N-dealkylation sites (N-methyl/N-ethyl adjacent to an activating group) is 1. The highest BCUT2D eigenvalue weighted by molar-refractivity contribution is 5.95. The van der Waals surface area contributed by atoms with Crippen LogP contribution in [0.15, 0.2) is 48.5 Å². The third-order valence-electron chi connectivity index (χ3n) is 4.01. The van der Waals surface area contributed by atoms with E-state index in [1.54, 1.807) is 0 Å². The second-order valence-corrected chi connectivity index (χ2v) is 5.56. The SMILES string of the molecule is CN(CCNC(=O)c1ccc2c(c1)CCN2)c1ccccc1.Cl.Cl. The maximum absolute atomic E-state index is 12.2. The van der Waals surface area contributed by atoms with Crippen LogP contribution in [0.2, 0.25) is 0 Å². The molecule has 0 aromatic heterocycles. The molecular formula is C18H23Cl2N3O. The number of rotatable bonds is 5. The van der Waals surface area contributed by atoms with Crippen molar-refractivity contribution in [1.82, 2.24) is 5.32 Å². The molecule has 0 atom stereocenters. The van der Waals surface area contributed by atoms with Crippen molar-refractivity contribution in [2.45, 2.75) is 6.42 Å². The lowest BCUT2D eigenvalue weighted by molar-refractivity contribution is 0.0954. The highest BCUT2D eigenvalue weighted by Gasteiger charge is 2.13. The minimum atomic E-state index is -0.00355. The van der Waals surface area contributed by atoms with E-state index in [1.165, 1.54) is 5.56 Å². The first-order valence-electron chi connectivity index (χ1n) is 7.65. The maximum Gasteiger partial charge on any atom is 0.251 e. The average Bonchev–Trinajstić information content (AvgIpc) is 3.03. The number of amides is 1. The first-order chi connectivity index (χ1) is 10.7. The molecule has 130 valence electrons. The summed E-state index contributed by atoms with van der Waals surface area (Å²) in [5.74, 6) is -0.00355. The number of fused-ring (bicyclic) bond motifs is 1. The minimum Gasteiger partial charge on any atom is -0.384 e. The fraction of sp³-hybridized carbons (Fsp3) is 0.278. The third-order valence-corrected chi connectivity index (χ3v) is 4.01. The van der Waals surface area contributed by atoms with E-state index in [2.05, 4.69) is 27.7 Å². The van der Waals surface area contributed by atoms with Gasteiger partial charge in [-0.25, -0.2) is 0 Å². The van der Waals surface area contributed by atoms with Gasteiger partial charge in [-0.2, -0.15) is 0 Å². The van der Waals surface area contributed by atoms with Crippen LogP contribution in [0.25, 0.3) is 0 Å². The quantitative estimate of drug-likeness (QED) is 0.851. The number of hydrogen-bond donors (Lipinski definition) is 2. The molecule has 2 aromatic rings. The topological polar surface area (TPSA) is 44.4 Å². The van der Waals surface area contributed by atoms with Gasteiger partial charge in [0, 0.05) is 43.6 Å². The number of nitrogens with zero attached hydrogens (tertiary/aromatic N) is 1. The molecular weight excluding hydrogens is 345 g/mol. The first-order valence-corrected chi connectivity index (χ1v) is 7.65. The molecule has 6 heteroatoms. The highest BCUT2D eigenvalue weighted by atomic mass is 35.5. The second-order valence-electron chi connectivity index (χ2n) is 5.56. The number of carbonyl (C=O) groups excluding carboxylic acids is 1. The molecule has 24 heavy (non-hydrogen) atoms. The van der Waals surface area contributed by atoms with E-state index in [0.717, 1.165) is 36.4 Å². The fourth-order valence-corrected chi connectivity index (χ4v) is 2.70. The summed E-state index contributed by atoms with van der Waals surface area (Å²) in [5.41, 5.74) is 4.28. The van der Waals surface area contributed by atoms with Crippen LogP contribution in [0.5, 0.6) is 0 Å². The van der Waals surface area contributed by atoms with Crippen molar-refractivity contribution in [3.8, 4) is 0 Å². The zero-order chi connectivity index (χ0) is 15.4. The first kappa shape index (κ1) is 20.1. The Kier molecular flexibility index (Phi) is 7.89. The summed E-state index contributed by atoms with van der Waals surface area (Å²) in [5, 5.41) is 6.29. The van der Waals surface area contributed by atoms with E-state index in [9.17, 15) is 4.79 Å². The van der Waals surface area contributed by atoms with Crippen molar-refractivity contribution < 1.29 is 4.79 Å². The Morgan fingerprint density at radius 2 is 1.92 bits per heavy atom. The standard InChI is InChI=1S/C18H21N3O.2ClH/c1-21(16-5-3-2-4-6-16)12-11-20-18(22)15-7-8-17-14(13-15)9-10-19-17;;/h2-8,13,19H,9-12H2,1H3,(H,20,22);2*1H. The zero-order valence-electron chi connectivity index (χ0n) is 13.6. The van der Waals surface area contributed by atoms with Gasteiger partial charge in [-0.3, -0.25) is 4.79 Å². The van der Waals surface area contributed by atoms with Gasteiger partial charge in [0.2, 0.25) is 0 Å². The molecule has 0 saturated carbocycles. The predicted molar refractivity (Wildman–Crippen MR) is 105 cm³/mol. The summed E-state index contributed by atoms with van der Waals surface area (Å²) in [6, 6.07) is 16.0. The van der Waals surface area contributed by atoms with Crippen molar-refractivity contribution in [3.63, 3.8) is 0 Å². The van der Waals surface area contributed by atoms with Crippen LogP contribution in [0.4, 0.5) is 11.4 Å². The summed E-state index contributed by atoms with van der Waals surface area (Å²) in [4.78, 5) is 14.3. The molecule has 1 aliphatic heterocycles. The predicted octanol–water partition coefficient (Wildman–Crippen LogP) is 3.36. The zero-order valence-corrected chi connectivity index (χ0v) is 15.3. The monoisotopic (exact) mass is 367 g/mol. The van der Waals surface area contributed by atoms with Crippen molar-refractivity contribution in [3.05, 3.63) is 59.7 Å². The lowest BCUT2D eigenvalue weighted by Gasteiger charge is -2.19. The molecule has 0 spiro atoms. The number of halogens is 2. The van der Waals surface area contributed by atoms with Crippen molar-refractivity contribution in [1.29, 1.82) is 0 Å². The molecule has 0 aliphatic carbocycles. The van der Waals surface area contributed by atoms with E-state index < -0.39 is 0 Å². The van der Waals surface area contributed by atoms with E-state index in [-0.39, 0.29) is 30.7 Å². The van der Waals surface area contributed by atoms with Gasteiger partial charge >= 0.3 is 0 Å². The van der Waals surface area contributed by atoms with Gasteiger partial charge in [0.25, 0.3) is 5.91 Å². The maximum atomic E-state index is 12.2. The van der Waals surface area contributed by atoms with Gasteiger partial charge in [-0.05, 0) is 42.3 Å². The third kappa shape index (κ3) is 4.79. The highest BCUT2D eigenvalue weighted by Crippen LogP contribution is 2.22. The molecule has 0 saturated heterocycles. The Labute approximate surface area is 155 Å². The molecule has 2 aromatic carbocycles. The number of anilines is 2. The molecule has 1 aliphatic rings. The number of hydrogen-bond acceptors (Lipinski definition) is 3. The Bertz CT molecular complexity index is 665. The number of carbonyl (C=O) groups is 1. The van der Waals surface area contributed by atoms with Crippen LogP contribution in [-0.4, -0.2) is 32.6 Å². The van der Waals surface area contributed by atoms with Crippen molar-refractivity contribution in [2.24, 2.45) is 0 Å². The Hall–Kier alpha value is -1.91. The van der Waals surface area contributed by atoms with Crippen molar-refractivity contribution >= 4 is 42.1 Å². The number of para-hydroxylation sites is 1. The van der Waals surface area contributed by atoms with Gasteiger partial charge in [-0.15, -0.1) is 24.8 Å². The molecule has 1 heterocycles. The van der Waals surface area contributed by atoms with Gasteiger partial charge < -0.3 is 15.5 Å². The normalized spacial score (nSPS) is 11.4. The molecule has 2 N–H and O–H groups in total. The van der Waals surface area contributed by atoms with Gasteiger partial charge in [-0.1, -0.05) is 18.2 Å². The molecule has 3 rings (SSSR count). The molecule has 0 unspecified atom stereocenters.